The van der Waals surface area contributed by atoms with Gasteiger partial charge in [0.25, 0.3) is 0 Å². The Morgan fingerprint density at radius 2 is 2.00 bits per heavy atom. The Hall–Kier alpha value is -1.27. The average molecular weight is 288 g/mol. The van der Waals surface area contributed by atoms with Gasteiger partial charge in [0.1, 0.15) is 6.61 Å². The number of thiophene rings is 1. The maximum atomic E-state index is 11.0. The lowest BCUT2D eigenvalue weighted by molar-refractivity contribution is -0.0158. The zero-order chi connectivity index (χ0) is 14.5. The summed E-state index contributed by atoms with van der Waals surface area (Å²) in [5, 5.41) is 1.17. The van der Waals surface area contributed by atoms with Crippen molar-refractivity contribution in [2.75, 3.05) is 20.3 Å². The summed E-state index contributed by atoms with van der Waals surface area (Å²) >= 11 is 1.26. The predicted molar refractivity (Wildman–Crippen MR) is 73.3 cm³/mol. The van der Waals surface area contributed by atoms with Crippen LogP contribution in [0.15, 0.2) is 6.07 Å². The molecule has 1 heterocycles. The first kappa shape index (κ1) is 15.8. The molecule has 0 aromatic carbocycles. The van der Waals surface area contributed by atoms with Crippen LogP contribution in [-0.2, 0) is 9.47 Å². The quantitative estimate of drug-likeness (QED) is 0.614. The summed E-state index contributed by atoms with van der Waals surface area (Å²) in [7, 11) is 1.27. The Kier molecular flexibility index (Phi) is 5.62. The number of carbonyl (C=O) groups is 1. The van der Waals surface area contributed by atoms with Crippen LogP contribution in [0.2, 0.25) is 0 Å². The Morgan fingerprint density at radius 1 is 1.32 bits per heavy atom. The highest BCUT2D eigenvalue weighted by molar-refractivity contribution is 7.15. The molecule has 0 aliphatic carbocycles. The molecule has 0 fully saturated rings. The van der Waals surface area contributed by atoms with Crippen LogP contribution in [0.3, 0.4) is 0 Å². The fraction of sp³-hybridized carbons (Fsp3) is 0.615. The third-order valence-electron chi connectivity index (χ3n) is 2.06. The normalized spacial score (nSPS) is 11.2. The van der Waals surface area contributed by atoms with E-state index in [0.717, 1.165) is 5.56 Å². The molecule has 0 atom stereocenters. The first-order chi connectivity index (χ1) is 8.81. The van der Waals surface area contributed by atoms with Crippen molar-refractivity contribution in [1.29, 1.82) is 0 Å². The van der Waals surface area contributed by atoms with E-state index in [2.05, 4.69) is 4.74 Å². The molecule has 6 heteroatoms. The molecule has 0 unspecified atom stereocenters. The molecule has 0 amide bonds. The highest BCUT2D eigenvalue weighted by atomic mass is 32.1. The second-order valence-corrected chi connectivity index (χ2v) is 5.88. The fourth-order valence-electron chi connectivity index (χ4n) is 1.22. The smallest absolute Gasteiger partial charge is 0.481 e. The SMILES string of the molecule is COC(=O)Oc1sc(OCCOC(C)(C)C)cc1C. The molecular weight excluding hydrogens is 268 g/mol. The van der Waals surface area contributed by atoms with Crippen LogP contribution in [0.25, 0.3) is 0 Å². The molecule has 0 radical (unpaired) electrons. The van der Waals surface area contributed by atoms with Gasteiger partial charge in [0.15, 0.2) is 10.1 Å². The monoisotopic (exact) mass is 288 g/mol. The summed E-state index contributed by atoms with van der Waals surface area (Å²) in [6.07, 6.45) is -0.729. The second kappa shape index (κ2) is 6.77. The Balaban J connectivity index is 2.43. The van der Waals surface area contributed by atoms with Crippen LogP contribution in [0.4, 0.5) is 4.79 Å². The summed E-state index contributed by atoms with van der Waals surface area (Å²) in [4.78, 5) is 11.0. The Morgan fingerprint density at radius 3 is 2.58 bits per heavy atom. The van der Waals surface area contributed by atoms with E-state index >= 15 is 0 Å². The summed E-state index contributed by atoms with van der Waals surface area (Å²) < 4.78 is 20.5. The van der Waals surface area contributed by atoms with E-state index in [1.165, 1.54) is 18.4 Å². The standard InChI is InChI=1S/C13H20O5S/c1-9-8-10(16-6-7-17-13(2,3)4)19-11(9)18-12(14)15-5/h8H,6-7H2,1-5H3. The Bertz CT molecular complexity index is 419. The number of hydrogen-bond donors (Lipinski definition) is 0. The van der Waals surface area contributed by atoms with Gasteiger partial charge in [0.05, 0.1) is 19.3 Å². The van der Waals surface area contributed by atoms with E-state index in [-0.39, 0.29) is 5.60 Å². The number of hydrogen-bond acceptors (Lipinski definition) is 6. The molecule has 0 saturated carbocycles. The lowest BCUT2D eigenvalue weighted by Crippen LogP contribution is -2.22. The maximum absolute atomic E-state index is 11.0. The van der Waals surface area contributed by atoms with Gasteiger partial charge in [-0.25, -0.2) is 4.79 Å². The Labute approximate surface area is 117 Å². The van der Waals surface area contributed by atoms with Gasteiger partial charge >= 0.3 is 6.16 Å². The van der Waals surface area contributed by atoms with E-state index in [1.807, 2.05) is 33.8 Å². The minimum atomic E-state index is -0.729. The highest BCUT2D eigenvalue weighted by Gasteiger charge is 2.13. The van der Waals surface area contributed by atoms with Crippen molar-refractivity contribution in [2.24, 2.45) is 0 Å². The third kappa shape index (κ3) is 5.94. The van der Waals surface area contributed by atoms with E-state index < -0.39 is 6.16 Å². The molecule has 19 heavy (non-hydrogen) atoms. The van der Waals surface area contributed by atoms with Crippen molar-refractivity contribution in [2.45, 2.75) is 33.3 Å². The summed E-state index contributed by atoms with van der Waals surface area (Å²) in [5.74, 6) is 0. The van der Waals surface area contributed by atoms with Crippen molar-refractivity contribution >= 4 is 17.5 Å². The molecular formula is C13H20O5S. The van der Waals surface area contributed by atoms with Crippen molar-refractivity contribution in [3.63, 3.8) is 0 Å². The molecule has 5 nitrogen and oxygen atoms in total. The molecule has 0 spiro atoms. The summed E-state index contributed by atoms with van der Waals surface area (Å²) in [6, 6.07) is 1.82. The van der Waals surface area contributed by atoms with E-state index in [4.69, 9.17) is 14.2 Å². The van der Waals surface area contributed by atoms with E-state index in [9.17, 15) is 4.79 Å². The molecule has 0 bridgehead atoms. The molecule has 108 valence electrons. The average Bonchev–Trinajstić information content (AvgIpc) is 2.64. The van der Waals surface area contributed by atoms with Crippen LogP contribution in [0.1, 0.15) is 26.3 Å². The maximum Gasteiger partial charge on any atom is 0.514 e. The molecule has 0 N–H and O–H groups in total. The molecule has 0 aliphatic rings. The van der Waals surface area contributed by atoms with Gasteiger partial charge in [-0.05, 0) is 33.8 Å². The van der Waals surface area contributed by atoms with Crippen molar-refractivity contribution in [1.82, 2.24) is 0 Å². The zero-order valence-electron chi connectivity index (χ0n) is 11.9. The minimum Gasteiger partial charge on any atom is -0.481 e. The largest absolute Gasteiger partial charge is 0.514 e. The molecule has 1 aromatic heterocycles. The van der Waals surface area contributed by atoms with Gasteiger partial charge in [0.2, 0.25) is 0 Å². The van der Waals surface area contributed by atoms with Gasteiger partial charge in [-0.2, -0.15) is 0 Å². The first-order valence-corrected chi connectivity index (χ1v) is 6.76. The number of ether oxygens (including phenoxy) is 4. The van der Waals surface area contributed by atoms with Crippen LogP contribution in [0, 0.1) is 6.92 Å². The van der Waals surface area contributed by atoms with Crippen LogP contribution < -0.4 is 9.47 Å². The van der Waals surface area contributed by atoms with Gasteiger partial charge < -0.3 is 18.9 Å². The molecule has 0 saturated heterocycles. The van der Waals surface area contributed by atoms with Crippen molar-refractivity contribution in [3.8, 4) is 10.1 Å². The van der Waals surface area contributed by atoms with Crippen LogP contribution in [-0.4, -0.2) is 32.1 Å². The van der Waals surface area contributed by atoms with Gasteiger partial charge in [-0.15, -0.1) is 0 Å². The third-order valence-corrected chi connectivity index (χ3v) is 3.08. The highest BCUT2D eigenvalue weighted by Crippen LogP contribution is 2.35. The van der Waals surface area contributed by atoms with E-state index in [0.29, 0.717) is 23.3 Å². The second-order valence-electron chi connectivity index (χ2n) is 4.90. The molecule has 1 aromatic rings. The molecule has 1 rings (SSSR count). The number of carbonyl (C=O) groups excluding carboxylic acids is 1. The summed E-state index contributed by atoms with van der Waals surface area (Å²) in [6.45, 7) is 8.77. The topological polar surface area (TPSA) is 54.0 Å². The zero-order valence-corrected chi connectivity index (χ0v) is 12.8. The number of rotatable bonds is 5. The fourth-order valence-corrected chi connectivity index (χ4v) is 2.11. The first-order valence-electron chi connectivity index (χ1n) is 5.95. The lowest BCUT2D eigenvalue weighted by Gasteiger charge is -2.19. The number of aryl methyl sites for hydroxylation is 1. The van der Waals surface area contributed by atoms with Gasteiger partial charge in [0, 0.05) is 5.56 Å². The van der Waals surface area contributed by atoms with Crippen molar-refractivity contribution < 1.29 is 23.7 Å². The van der Waals surface area contributed by atoms with Crippen molar-refractivity contribution in [3.05, 3.63) is 11.6 Å². The van der Waals surface area contributed by atoms with Crippen LogP contribution >= 0.6 is 11.3 Å². The van der Waals surface area contributed by atoms with E-state index in [1.54, 1.807) is 0 Å². The van der Waals surface area contributed by atoms with Crippen LogP contribution in [0.5, 0.6) is 10.1 Å². The molecule has 0 aliphatic heterocycles. The van der Waals surface area contributed by atoms with Gasteiger partial charge in [-0.3, -0.25) is 0 Å². The number of methoxy groups -OCH3 is 1. The predicted octanol–water partition coefficient (Wildman–Crippen LogP) is 3.40. The minimum absolute atomic E-state index is 0.173. The lowest BCUT2D eigenvalue weighted by atomic mass is 10.2. The van der Waals surface area contributed by atoms with Gasteiger partial charge in [-0.1, -0.05) is 11.3 Å². The summed E-state index contributed by atoms with van der Waals surface area (Å²) in [5.41, 5.74) is 0.663.